The van der Waals surface area contributed by atoms with Crippen LogP contribution in [0.3, 0.4) is 0 Å². The average Bonchev–Trinajstić information content (AvgIpc) is 2.66. The number of carbonyl (C=O) groups is 1. The van der Waals surface area contributed by atoms with Crippen molar-refractivity contribution in [3.8, 4) is 0 Å². The minimum atomic E-state index is -0.0716. The minimum Gasteiger partial charge on any atom is -0.397 e. The first-order chi connectivity index (χ1) is 8.59. The number of aromatic nitrogens is 1. The second-order valence-electron chi connectivity index (χ2n) is 5.07. The van der Waals surface area contributed by atoms with Crippen LogP contribution in [0.5, 0.6) is 0 Å². The van der Waals surface area contributed by atoms with Crippen molar-refractivity contribution in [2.75, 3.05) is 5.73 Å². The molecule has 0 bridgehead atoms. The van der Waals surface area contributed by atoms with Gasteiger partial charge in [-0.2, -0.15) is 0 Å². The number of nitrogen functional groups attached to an aromatic ring is 1. The van der Waals surface area contributed by atoms with E-state index in [1.165, 1.54) is 17.8 Å². The molecule has 1 aliphatic rings. The summed E-state index contributed by atoms with van der Waals surface area (Å²) in [7, 11) is 0. The maximum Gasteiger partial charge on any atom is 0.263 e. The molecule has 0 radical (unpaired) electrons. The zero-order valence-electron chi connectivity index (χ0n) is 10.2. The smallest absolute Gasteiger partial charge is 0.263 e. The topological polar surface area (TPSA) is 68.0 Å². The van der Waals surface area contributed by atoms with Crippen LogP contribution in [0, 0.1) is 0 Å². The van der Waals surface area contributed by atoms with Gasteiger partial charge in [0.1, 0.15) is 9.71 Å². The first kappa shape index (κ1) is 11.5. The Bertz CT molecular complexity index is 616. The summed E-state index contributed by atoms with van der Waals surface area (Å²) in [6.07, 6.45) is 4.98. The van der Waals surface area contributed by atoms with E-state index in [0.29, 0.717) is 10.6 Å². The highest BCUT2D eigenvalue weighted by molar-refractivity contribution is 7.21. The summed E-state index contributed by atoms with van der Waals surface area (Å²) < 4.78 is 0. The fourth-order valence-electron chi connectivity index (χ4n) is 2.28. The van der Waals surface area contributed by atoms with Crippen molar-refractivity contribution < 1.29 is 4.79 Å². The summed E-state index contributed by atoms with van der Waals surface area (Å²) in [6, 6.07) is 3.73. The van der Waals surface area contributed by atoms with Crippen molar-refractivity contribution in [1.29, 1.82) is 0 Å². The molecule has 4 nitrogen and oxygen atoms in total. The second kappa shape index (κ2) is 3.95. The monoisotopic (exact) mass is 261 g/mol. The summed E-state index contributed by atoms with van der Waals surface area (Å²) in [5, 5.41) is 3.94. The summed E-state index contributed by atoms with van der Waals surface area (Å²) in [5.74, 6) is -0.0716. The second-order valence-corrected chi connectivity index (χ2v) is 6.07. The van der Waals surface area contributed by atoms with Crippen molar-refractivity contribution in [2.24, 2.45) is 0 Å². The molecule has 1 aliphatic carbocycles. The molecule has 18 heavy (non-hydrogen) atoms. The van der Waals surface area contributed by atoms with E-state index in [1.807, 2.05) is 12.1 Å². The van der Waals surface area contributed by atoms with E-state index in [1.54, 1.807) is 6.20 Å². The van der Waals surface area contributed by atoms with Gasteiger partial charge in [-0.3, -0.25) is 4.79 Å². The molecule has 2 heterocycles. The van der Waals surface area contributed by atoms with Gasteiger partial charge in [0.15, 0.2) is 0 Å². The van der Waals surface area contributed by atoms with Gasteiger partial charge in [-0.05, 0) is 38.3 Å². The van der Waals surface area contributed by atoms with Gasteiger partial charge in [0.2, 0.25) is 0 Å². The number of nitrogens with one attached hydrogen (secondary N) is 1. The van der Waals surface area contributed by atoms with Gasteiger partial charge < -0.3 is 11.1 Å². The third kappa shape index (κ3) is 1.75. The van der Waals surface area contributed by atoms with Gasteiger partial charge in [-0.25, -0.2) is 4.98 Å². The lowest BCUT2D eigenvalue weighted by Crippen LogP contribution is -2.50. The maximum atomic E-state index is 12.2. The Morgan fingerprint density at radius 3 is 2.94 bits per heavy atom. The summed E-state index contributed by atoms with van der Waals surface area (Å²) >= 11 is 1.36. The first-order valence-electron chi connectivity index (χ1n) is 6.05. The molecule has 0 aliphatic heterocycles. The highest BCUT2D eigenvalue weighted by Crippen LogP contribution is 2.35. The number of anilines is 1. The van der Waals surface area contributed by atoms with Gasteiger partial charge >= 0.3 is 0 Å². The normalized spacial score (nSPS) is 17.4. The van der Waals surface area contributed by atoms with Gasteiger partial charge in [0.05, 0.1) is 5.69 Å². The molecule has 1 saturated carbocycles. The number of amides is 1. The van der Waals surface area contributed by atoms with Gasteiger partial charge in [0, 0.05) is 17.1 Å². The van der Waals surface area contributed by atoms with Crippen molar-refractivity contribution in [2.45, 2.75) is 31.7 Å². The molecule has 5 heteroatoms. The van der Waals surface area contributed by atoms with Crippen molar-refractivity contribution in [3.05, 3.63) is 23.2 Å². The number of nitrogens with zero attached hydrogens (tertiary/aromatic N) is 1. The fourth-order valence-corrected chi connectivity index (χ4v) is 3.24. The Hall–Kier alpha value is -1.62. The largest absolute Gasteiger partial charge is 0.397 e. The lowest BCUT2D eigenvalue weighted by atomic mass is 9.78. The molecular formula is C13H15N3OS. The van der Waals surface area contributed by atoms with Crippen LogP contribution in [0.25, 0.3) is 10.2 Å². The SMILES string of the molecule is CC1(NC(=O)c2sc3ncccc3c2N)CCC1. The minimum absolute atomic E-state index is 0.0485. The van der Waals surface area contributed by atoms with Crippen LogP contribution in [0.2, 0.25) is 0 Å². The van der Waals surface area contributed by atoms with Crippen LogP contribution in [0.15, 0.2) is 18.3 Å². The molecule has 3 rings (SSSR count). The van der Waals surface area contributed by atoms with Gasteiger partial charge in [-0.1, -0.05) is 0 Å². The number of rotatable bonds is 2. The van der Waals surface area contributed by atoms with E-state index >= 15 is 0 Å². The molecule has 0 unspecified atom stereocenters. The van der Waals surface area contributed by atoms with Gasteiger partial charge in [-0.15, -0.1) is 11.3 Å². The summed E-state index contributed by atoms with van der Waals surface area (Å²) in [4.78, 5) is 17.9. The summed E-state index contributed by atoms with van der Waals surface area (Å²) in [6.45, 7) is 2.08. The lowest BCUT2D eigenvalue weighted by molar-refractivity contribution is 0.0855. The van der Waals surface area contributed by atoms with E-state index in [2.05, 4.69) is 17.2 Å². The number of nitrogens with two attached hydrogens (primary N) is 1. The molecule has 1 amide bonds. The number of fused-ring (bicyclic) bond motifs is 1. The number of pyridine rings is 1. The Morgan fingerprint density at radius 1 is 1.56 bits per heavy atom. The number of hydrogen-bond acceptors (Lipinski definition) is 4. The highest BCUT2D eigenvalue weighted by Gasteiger charge is 2.34. The van der Waals surface area contributed by atoms with Crippen LogP contribution in [0.1, 0.15) is 35.9 Å². The van der Waals surface area contributed by atoms with E-state index in [-0.39, 0.29) is 11.4 Å². The molecular weight excluding hydrogens is 246 g/mol. The number of carbonyl (C=O) groups excluding carboxylic acids is 1. The molecule has 1 fully saturated rings. The summed E-state index contributed by atoms with van der Waals surface area (Å²) in [5.41, 5.74) is 6.52. The molecule has 0 aromatic carbocycles. The van der Waals surface area contributed by atoms with Crippen LogP contribution in [-0.4, -0.2) is 16.4 Å². The quantitative estimate of drug-likeness (QED) is 0.873. The highest BCUT2D eigenvalue weighted by atomic mass is 32.1. The standard InChI is InChI=1S/C13H15N3OS/c1-13(5-3-6-13)16-11(17)10-9(14)8-4-2-7-15-12(8)18-10/h2,4,7H,3,5-6,14H2,1H3,(H,16,17). The first-order valence-corrected chi connectivity index (χ1v) is 6.86. The molecule has 3 N–H and O–H groups in total. The molecule has 2 aromatic heterocycles. The number of hydrogen-bond donors (Lipinski definition) is 2. The van der Waals surface area contributed by atoms with Crippen LogP contribution < -0.4 is 11.1 Å². The van der Waals surface area contributed by atoms with E-state index in [4.69, 9.17) is 5.73 Å². The zero-order chi connectivity index (χ0) is 12.8. The van der Waals surface area contributed by atoms with E-state index < -0.39 is 0 Å². The molecule has 0 saturated heterocycles. The van der Waals surface area contributed by atoms with Crippen LogP contribution >= 0.6 is 11.3 Å². The molecule has 0 atom stereocenters. The van der Waals surface area contributed by atoms with Crippen molar-refractivity contribution >= 4 is 33.1 Å². The Labute approximate surface area is 109 Å². The number of thiophene rings is 1. The lowest BCUT2D eigenvalue weighted by Gasteiger charge is -2.39. The van der Waals surface area contributed by atoms with E-state index in [9.17, 15) is 4.79 Å². The molecule has 94 valence electrons. The Kier molecular flexibility index (Phi) is 2.52. The Balaban J connectivity index is 1.94. The third-order valence-corrected chi connectivity index (χ3v) is 4.71. The Morgan fingerprint density at radius 2 is 2.33 bits per heavy atom. The van der Waals surface area contributed by atoms with Crippen molar-refractivity contribution in [1.82, 2.24) is 10.3 Å². The van der Waals surface area contributed by atoms with E-state index in [0.717, 1.165) is 23.1 Å². The van der Waals surface area contributed by atoms with Crippen molar-refractivity contribution in [3.63, 3.8) is 0 Å². The zero-order valence-corrected chi connectivity index (χ0v) is 11.0. The predicted octanol–water partition coefficient (Wildman–Crippen LogP) is 2.55. The fraction of sp³-hybridized carbons (Fsp3) is 0.385. The van der Waals surface area contributed by atoms with Crippen LogP contribution in [-0.2, 0) is 0 Å². The third-order valence-electron chi connectivity index (χ3n) is 3.58. The molecule has 0 spiro atoms. The van der Waals surface area contributed by atoms with Crippen LogP contribution in [0.4, 0.5) is 5.69 Å². The predicted molar refractivity (Wildman–Crippen MR) is 73.8 cm³/mol. The molecule has 2 aromatic rings. The van der Waals surface area contributed by atoms with Gasteiger partial charge in [0.25, 0.3) is 5.91 Å². The maximum absolute atomic E-state index is 12.2. The average molecular weight is 261 g/mol.